The minimum atomic E-state index is -5.75. The number of rotatable bonds is 9. The Morgan fingerprint density at radius 3 is 2.37 bits per heavy atom. The number of aliphatic hydroxyl groups is 2. The van der Waals surface area contributed by atoms with Crippen molar-refractivity contribution in [3.63, 3.8) is 0 Å². The van der Waals surface area contributed by atoms with Crippen LogP contribution in [0.3, 0.4) is 0 Å². The predicted octanol–water partition coefficient (Wildman–Crippen LogP) is -0.177. The number of hydrogen-bond donors (Lipinski definition) is 7. The molecule has 0 amide bonds. The van der Waals surface area contributed by atoms with Crippen LogP contribution in [-0.2, 0) is 31.6 Å². The second kappa shape index (κ2) is 10.1. The van der Waals surface area contributed by atoms with Gasteiger partial charge in [0, 0.05) is 29.7 Å². The van der Waals surface area contributed by atoms with Crippen LogP contribution in [0.4, 0.5) is 5.82 Å². The summed E-state index contributed by atoms with van der Waals surface area (Å²) in [4.78, 5) is 52.3. The average Bonchev–Trinajstić information content (AvgIpc) is 3.27. The highest BCUT2D eigenvalue weighted by atomic mass is 31.3. The van der Waals surface area contributed by atoms with Crippen molar-refractivity contribution in [3.8, 4) is 11.1 Å². The van der Waals surface area contributed by atoms with Crippen molar-refractivity contribution in [1.29, 1.82) is 0 Å². The summed E-state index contributed by atoms with van der Waals surface area (Å²) in [6, 6.07) is 0. The van der Waals surface area contributed by atoms with Gasteiger partial charge in [-0.2, -0.15) is 8.62 Å². The van der Waals surface area contributed by atoms with Gasteiger partial charge in [0.15, 0.2) is 6.23 Å². The van der Waals surface area contributed by atoms with E-state index in [1.54, 1.807) is 0 Å². The quantitative estimate of drug-likeness (QED) is 0.157. The molecule has 0 radical (unpaired) electrons. The number of nitrogens with two attached hydrogens (primary N) is 1. The monoisotopic (exact) mass is 598 g/mol. The van der Waals surface area contributed by atoms with E-state index in [1.807, 2.05) is 0 Å². The molecule has 3 aromatic heterocycles. The van der Waals surface area contributed by atoms with Crippen LogP contribution < -0.4 is 5.73 Å². The molecule has 4 rings (SSSR count). The van der Waals surface area contributed by atoms with Crippen LogP contribution in [0.15, 0.2) is 31.2 Å². The number of ether oxygens (including phenoxy) is 1. The minimum Gasteiger partial charge on any atom is -0.387 e. The van der Waals surface area contributed by atoms with Crippen LogP contribution in [-0.4, -0.2) is 78.7 Å². The lowest BCUT2D eigenvalue weighted by molar-refractivity contribution is -0.0946. The third-order valence-electron chi connectivity index (χ3n) is 5.34. The number of hydrogen-bond acceptors (Lipinski definition) is 14. The Kier molecular flexibility index (Phi) is 7.63. The number of nitrogens with zero attached hydrogens (tertiary/aromatic N) is 5. The van der Waals surface area contributed by atoms with Crippen molar-refractivity contribution < 1.29 is 61.4 Å². The SMILES string of the molecule is C[C@@]1(O)[C@H](O)[C@@H](COP(=O)(O)OP(=O)(O)OP(=O)(O)O)O[C@H]1n1cc(-c2cncnc2)c2c(N)ncnc21. The molecule has 1 fully saturated rings. The van der Waals surface area contributed by atoms with Gasteiger partial charge < -0.3 is 44.8 Å². The van der Waals surface area contributed by atoms with Gasteiger partial charge in [-0.05, 0) is 6.92 Å². The highest BCUT2D eigenvalue weighted by Crippen LogP contribution is 2.66. The van der Waals surface area contributed by atoms with Gasteiger partial charge >= 0.3 is 23.5 Å². The molecule has 1 aliphatic heterocycles. The van der Waals surface area contributed by atoms with Gasteiger partial charge in [-0.3, -0.25) is 4.52 Å². The average molecular weight is 598 g/mol. The second-order valence-electron chi connectivity index (χ2n) is 8.12. The van der Waals surface area contributed by atoms with Crippen molar-refractivity contribution in [2.45, 2.75) is 31.0 Å². The molecule has 0 aromatic carbocycles. The zero-order chi connectivity index (χ0) is 28.1. The molecule has 3 aromatic rings. The molecule has 2 unspecified atom stereocenters. The van der Waals surface area contributed by atoms with E-state index in [1.165, 1.54) is 36.4 Å². The van der Waals surface area contributed by atoms with Crippen LogP contribution in [0.5, 0.6) is 0 Å². The molecule has 208 valence electrons. The Bertz CT molecular complexity index is 1480. The summed E-state index contributed by atoms with van der Waals surface area (Å²) in [6.45, 7) is 0.210. The maximum absolute atomic E-state index is 12.1. The van der Waals surface area contributed by atoms with Crippen LogP contribution in [0.2, 0.25) is 0 Å². The van der Waals surface area contributed by atoms with E-state index in [-0.39, 0.29) is 11.5 Å². The fourth-order valence-electron chi connectivity index (χ4n) is 3.79. The van der Waals surface area contributed by atoms with Crippen LogP contribution in [0, 0.1) is 0 Å². The molecule has 0 spiro atoms. The Hall–Kier alpha value is -2.21. The molecule has 6 atom stereocenters. The lowest BCUT2D eigenvalue weighted by atomic mass is 9.96. The smallest absolute Gasteiger partial charge is 0.387 e. The van der Waals surface area contributed by atoms with Crippen LogP contribution in [0.25, 0.3) is 22.2 Å². The molecular formula is C16H21N6O13P3. The Morgan fingerprint density at radius 2 is 1.74 bits per heavy atom. The summed E-state index contributed by atoms with van der Waals surface area (Å²) in [5.41, 5.74) is 5.15. The highest BCUT2D eigenvalue weighted by Gasteiger charge is 2.54. The van der Waals surface area contributed by atoms with Gasteiger partial charge in [-0.15, -0.1) is 0 Å². The lowest BCUT2D eigenvalue weighted by Gasteiger charge is -2.27. The van der Waals surface area contributed by atoms with E-state index in [0.717, 1.165) is 6.33 Å². The first-order chi connectivity index (χ1) is 17.5. The predicted molar refractivity (Wildman–Crippen MR) is 123 cm³/mol. The largest absolute Gasteiger partial charge is 0.490 e. The van der Waals surface area contributed by atoms with E-state index in [0.29, 0.717) is 16.5 Å². The van der Waals surface area contributed by atoms with Crippen LogP contribution >= 0.6 is 23.5 Å². The van der Waals surface area contributed by atoms with Crippen molar-refractivity contribution in [2.75, 3.05) is 12.3 Å². The summed E-state index contributed by atoms with van der Waals surface area (Å²) in [5.74, 6) is 0.0787. The zero-order valence-corrected chi connectivity index (χ0v) is 21.7. The van der Waals surface area contributed by atoms with Crippen molar-refractivity contribution in [3.05, 3.63) is 31.2 Å². The molecule has 1 aliphatic rings. The van der Waals surface area contributed by atoms with E-state index in [4.69, 9.17) is 20.3 Å². The normalized spacial score (nSPS) is 27.3. The minimum absolute atomic E-state index is 0.0787. The summed E-state index contributed by atoms with van der Waals surface area (Å²) in [7, 11) is -16.8. The molecule has 0 bridgehead atoms. The van der Waals surface area contributed by atoms with Crippen molar-refractivity contribution in [1.82, 2.24) is 24.5 Å². The van der Waals surface area contributed by atoms with E-state index in [2.05, 4.69) is 33.1 Å². The zero-order valence-electron chi connectivity index (χ0n) is 19.0. The summed E-state index contributed by atoms with van der Waals surface area (Å²) < 4.78 is 53.2. The first kappa shape index (κ1) is 28.8. The van der Waals surface area contributed by atoms with E-state index >= 15 is 0 Å². The summed E-state index contributed by atoms with van der Waals surface area (Å²) in [5, 5.41) is 22.1. The fourth-order valence-corrected chi connectivity index (χ4v) is 6.82. The molecule has 0 saturated carbocycles. The third-order valence-corrected chi connectivity index (χ3v) is 9.14. The Balaban J connectivity index is 1.60. The Labute approximate surface area is 212 Å². The van der Waals surface area contributed by atoms with Gasteiger partial charge in [0.25, 0.3) is 0 Å². The van der Waals surface area contributed by atoms with Crippen LogP contribution in [0.1, 0.15) is 13.2 Å². The highest BCUT2D eigenvalue weighted by molar-refractivity contribution is 7.66. The molecular weight excluding hydrogens is 577 g/mol. The van der Waals surface area contributed by atoms with Gasteiger partial charge in [0.1, 0.15) is 41.9 Å². The third kappa shape index (κ3) is 6.00. The second-order valence-corrected chi connectivity index (χ2v) is 12.5. The number of aliphatic hydroxyl groups excluding tert-OH is 1. The maximum atomic E-state index is 12.1. The summed E-state index contributed by atoms with van der Waals surface area (Å²) >= 11 is 0. The topological polar surface area (TPSA) is 292 Å². The molecule has 4 heterocycles. The molecule has 19 nitrogen and oxygen atoms in total. The van der Waals surface area contributed by atoms with Crippen molar-refractivity contribution >= 4 is 40.3 Å². The number of anilines is 1. The van der Waals surface area contributed by atoms with Gasteiger partial charge in [-0.25, -0.2) is 33.6 Å². The molecule has 22 heteroatoms. The number of phosphoric acid groups is 3. The standard InChI is InChI=1S/C16H21N6O13P3/c1-16(24)12(23)10(5-32-37(28,29)35-38(30,31)34-36(25,26)27)33-15(16)22-4-9(8-2-18-6-19-3-8)11-13(17)20-7-21-14(11)22/h2-4,6-7,10,12,15,23-24H,5H2,1H3,(H,28,29)(H,30,31)(H2,17,20,21)(H2,25,26,27)/t10-,12-,15-,16-/m1/s1. The molecule has 38 heavy (non-hydrogen) atoms. The number of aromatic nitrogens is 5. The lowest BCUT2D eigenvalue weighted by Crippen LogP contribution is -2.44. The summed E-state index contributed by atoms with van der Waals surface area (Å²) in [6.07, 6.45) is 2.27. The van der Waals surface area contributed by atoms with Crippen molar-refractivity contribution in [2.24, 2.45) is 0 Å². The Morgan fingerprint density at radius 1 is 1.08 bits per heavy atom. The van der Waals surface area contributed by atoms with Gasteiger partial charge in [-0.1, -0.05) is 0 Å². The van der Waals surface area contributed by atoms with Gasteiger partial charge in [0.05, 0.1) is 12.0 Å². The first-order valence-corrected chi connectivity index (χ1v) is 14.7. The number of nitrogen functional groups attached to an aromatic ring is 1. The molecule has 8 N–H and O–H groups in total. The maximum Gasteiger partial charge on any atom is 0.490 e. The fraction of sp³-hybridized carbons (Fsp3) is 0.375. The molecule has 1 saturated heterocycles. The van der Waals surface area contributed by atoms with E-state index in [9.17, 15) is 33.7 Å². The van der Waals surface area contributed by atoms with E-state index < -0.39 is 54.1 Å². The van der Waals surface area contributed by atoms with Gasteiger partial charge in [0.2, 0.25) is 0 Å². The number of fused-ring (bicyclic) bond motifs is 1. The first-order valence-electron chi connectivity index (χ1n) is 10.2. The molecule has 0 aliphatic carbocycles. The number of phosphoric ester groups is 1.